The SMILES string of the molecule is CNC(c1ccc(C)c(Cl)c1)c1c(OC)cccc1OC. The summed E-state index contributed by atoms with van der Waals surface area (Å²) in [6.07, 6.45) is 0. The lowest BCUT2D eigenvalue weighted by atomic mass is 9.96. The summed E-state index contributed by atoms with van der Waals surface area (Å²) in [4.78, 5) is 0. The molecule has 0 amide bonds. The van der Waals surface area contributed by atoms with Gasteiger partial charge >= 0.3 is 0 Å². The molecule has 3 nitrogen and oxygen atoms in total. The molecule has 0 radical (unpaired) electrons. The molecule has 21 heavy (non-hydrogen) atoms. The van der Waals surface area contributed by atoms with Gasteiger partial charge in [-0.25, -0.2) is 0 Å². The Bertz CT molecular complexity index is 606. The van der Waals surface area contributed by atoms with Crippen LogP contribution >= 0.6 is 11.6 Å². The van der Waals surface area contributed by atoms with Crippen molar-refractivity contribution >= 4 is 11.6 Å². The van der Waals surface area contributed by atoms with E-state index in [1.54, 1.807) is 14.2 Å². The van der Waals surface area contributed by atoms with Gasteiger partial charge in [-0.1, -0.05) is 29.8 Å². The summed E-state index contributed by atoms with van der Waals surface area (Å²) >= 11 is 6.26. The Labute approximate surface area is 130 Å². The Hall–Kier alpha value is -1.71. The standard InChI is InChI=1S/C17H20ClNO2/c1-11-8-9-12(10-13(11)18)17(19-2)16-14(20-3)6-5-7-15(16)21-4/h5-10,17,19H,1-4H3. The van der Waals surface area contributed by atoms with E-state index < -0.39 is 0 Å². The molecule has 0 aliphatic carbocycles. The zero-order chi connectivity index (χ0) is 15.4. The van der Waals surface area contributed by atoms with E-state index in [0.717, 1.165) is 33.2 Å². The van der Waals surface area contributed by atoms with Crippen molar-refractivity contribution in [1.82, 2.24) is 5.32 Å². The summed E-state index contributed by atoms with van der Waals surface area (Å²) in [5, 5.41) is 4.06. The third-order valence-electron chi connectivity index (χ3n) is 3.57. The van der Waals surface area contributed by atoms with Gasteiger partial charge < -0.3 is 14.8 Å². The fourth-order valence-corrected chi connectivity index (χ4v) is 2.62. The maximum atomic E-state index is 6.26. The van der Waals surface area contributed by atoms with Crippen LogP contribution in [0.5, 0.6) is 11.5 Å². The third-order valence-corrected chi connectivity index (χ3v) is 3.98. The normalized spacial score (nSPS) is 12.0. The Balaban J connectivity index is 2.57. The molecule has 0 bridgehead atoms. The summed E-state index contributed by atoms with van der Waals surface area (Å²) < 4.78 is 11.0. The zero-order valence-corrected chi connectivity index (χ0v) is 13.5. The van der Waals surface area contributed by atoms with Crippen molar-refractivity contribution in [1.29, 1.82) is 0 Å². The number of benzene rings is 2. The monoisotopic (exact) mass is 305 g/mol. The molecule has 0 spiro atoms. The first-order chi connectivity index (χ1) is 10.1. The summed E-state index contributed by atoms with van der Waals surface area (Å²) in [6, 6.07) is 11.8. The lowest BCUT2D eigenvalue weighted by molar-refractivity contribution is 0.379. The highest BCUT2D eigenvalue weighted by Crippen LogP contribution is 2.37. The van der Waals surface area contributed by atoms with Crippen LogP contribution in [0.25, 0.3) is 0 Å². The van der Waals surface area contributed by atoms with E-state index in [0.29, 0.717) is 0 Å². The van der Waals surface area contributed by atoms with Gasteiger partial charge in [-0.15, -0.1) is 0 Å². The summed E-state index contributed by atoms with van der Waals surface area (Å²) in [5.41, 5.74) is 3.09. The number of ether oxygens (including phenoxy) is 2. The molecule has 2 aromatic rings. The van der Waals surface area contributed by atoms with Gasteiger partial charge in [0.15, 0.2) is 0 Å². The maximum Gasteiger partial charge on any atom is 0.127 e. The van der Waals surface area contributed by atoms with Gasteiger partial charge in [-0.3, -0.25) is 0 Å². The van der Waals surface area contributed by atoms with Gasteiger partial charge in [0.05, 0.1) is 25.8 Å². The topological polar surface area (TPSA) is 30.5 Å². The molecule has 2 aromatic carbocycles. The molecule has 1 atom stereocenters. The minimum atomic E-state index is -0.0609. The van der Waals surface area contributed by atoms with E-state index in [1.807, 2.05) is 44.3 Å². The molecular weight excluding hydrogens is 286 g/mol. The highest BCUT2D eigenvalue weighted by molar-refractivity contribution is 6.31. The van der Waals surface area contributed by atoms with Crippen LogP contribution in [0.4, 0.5) is 0 Å². The molecule has 0 heterocycles. The number of halogens is 1. The number of hydrogen-bond acceptors (Lipinski definition) is 3. The molecule has 2 rings (SSSR count). The van der Waals surface area contributed by atoms with Crippen LogP contribution < -0.4 is 14.8 Å². The Morgan fingerprint density at radius 1 is 1.05 bits per heavy atom. The minimum Gasteiger partial charge on any atom is -0.496 e. The van der Waals surface area contributed by atoms with Crippen molar-refractivity contribution in [2.75, 3.05) is 21.3 Å². The maximum absolute atomic E-state index is 6.26. The van der Waals surface area contributed by atoms with Crippen LogP contribution in [0.3, 0.4) is 0 Å². The number of rotatable bonds is 5. The number of aryl methyl sites for hydroxylation is 1. The smallest absolute Gasteiger partial charge is 0.127 e. The van der Waals surface area contributed by atoms with E-state index in [1.165, 1.54) is 0 Å². The van der Waals surface area contributed by atoms with Crippen molar-refractivity contribution in [3.8, 4) is 11.5 Å². The van der Waals surface area contributed by atoms with E-state index in [-0.39, 0.29) is 6.04 Å². The van der Waals surface area contributed by atoms with Crippen molar-refractivity contribution in [2.24, 2.45) is 0 Å². The first-order valence-corrected chi connectivity index (χ1v) is 7.14. The Kier molecular flexibility index (Phi) is 5.10. The number of hydrogen-bond donors (Lipinski definition) is 1. The molecule has 0 saturated carbocycles. The first kappa shape index (κ1) is 15.7. The summed E-state index contributed by atoms with van der Waals surface area (Å²) in [5.74, 6) is 1.57. The largest absolute Gasteiger partial charge is 0.496 e. The quantitative estimate of drug-likeness (QED) is 0.906. The molecule has 4 heteroatoms. The van der Waals surface area contributed by atoms with Crippen LogP contribution in [-0.2, 0) is 0 Å². The minimum absolute atomic E-state index is 0.0609. The highest BCUT2D eigenvalue weighted by Gasteiger charge is 2.21. The van der Waals surface area contributed by atoms with E-state index in [9.17, 15) is 0 Å². The second-order valence-electron chi connectivity index (χ2n) is 4.81. The number of methoxy groups -OCH3 is 2. The molecular formula is C17H20ClNO2. The average Bonchev–Trinajstić information content (AvgIpc) is 2.51. The van der Waals surface area contributed by atoms with Gasteiger partial charge in [0.2, 0.25) is 0 Å². The second kappa shape index (κ2) is 6.83. The van der Waals surface area contributed by atoms with Crippen LogP contribution in [0.2, 0.25) is 5.02 Å². The van der Waals surface area contributed by atoms with Crippen LogP contribution in [0, 0.1) is 6.92 Å². The second-order valence-corrected chi connectivity index (χ2v) is 5.21. The summed E-state index contributed by atoms with van der Waals surface area (Å²) in [7, 11) is 5.23. The molecule has 1 N–H and O–H groups in total. The molecule has 112 valence electrons. The zero-order valence-electron chi connectivity index (χ0n) is 12.7. The van der Waals surface area contributed by atoms with Gasteiger partial charge in [0.25, 0.3) is 0 Å². The van der Waals surface area contributed by atoms with Crippen molar-refractivity contribution < 1.29 is 9.47 Å². The predicted octanol–water partition coefficient (Wildman–Crippen LogP) is 3.97. The molecule has 0 fully saturated rings. The first-order valence-electron chi connectivity index (χ1n) is 6.76. The fraction of sp³-hybridized carbons (Fsp3) is 0.294. The lowest BCUT2D eigenvalue weighted by Gasteiger charge is -2.22. The number of nitrogens with one attached hydrogen (secondary N) is 1. The third kappa shape index (κ3) is 3.14. The molecule has 0 aliphatic heterocycles. The highest BCUT2D eigenvalue weighted by atomic mass is 35.5. The molecule has 1 unspecified atom stereocenters. The predicted molar refractivity (Wildman–Crippen MR) is 86.6 cm³/mol. The van der Waals surface area contributed by atoms with Crippen LogP contribution in [0.15, 0.2) is 36.4 Å². The van der Waals surface area contributed by atoms with Crippen LogP contribution in [-0.4, -0.2) is 21.3 Å². The fourth-order valence-electron chi connectivity index (χ4n) is 2.43. The molecule has 0 aliphatic rings. The van der Waals surface area contributed by atoms with Crippen molar-refractivity contribution in [3.05, 3.63) is 58.1 Å². The van der Waals surface area contributed by atoms with Gasteiger partial charge in [0, 0.05) is 5.02 Å². The average molecular weight is 306 g/mol. The van der Waals surface area contributed by atoms with Gasteiger partial charge in [0.1, 0.15) is 11.5 Å². The summed E-state index contributed by atoms with van der Waals surface area (Å²) in [6.45, 7) is 1.99. The van der Waals surface area contributed by atoms with Gasteiger partial charge in [-0.2, -0.15) is 0 Å². The van der Waals surface area contributed by atoms with E-state index in [2.05, 4.69) is 11.4 Å². The van der Waals surface area contributed by atoms with Crippen molar-refractivity contribution in [3.63, 3.8) is 0 Å². The van der Waals surface area contributed by atoms with E-state index >= 15 is 0 Å². The lowest BCUT2D eigenvalue weighted by Crippen LogP contribution is -2.19. The van der Waals surface area contributed by atoms with E-state index in [4.69, 9.17) is 21.1 Å². The van der Waals surface area contributed by atoms with Crippen molar-refractivity contribution in [2.45, 2.75) is 13.0 Å². The van der Waals surface area contributed by atoms with Gasteiger partial charge in [-0.05, 0) is 43.3 Å². The molecule has 0 aromatic heterocycles. The molecule has 0 saturated heterocycles. The van der Waals surface area contributed by atoms with Crippen LogP contribution in [0.1, 0.15) is 22.7 Å². The Morgan fingerprint density at radius 2 is 1.67 bits per heavy atom. The Morgan fingerprint density at radius 3 is 2.14 bits per heavy atom.